The van der Waals surface area contributed by atoms with Gasteiger partial charge in [0.05, 0.1) is 10.0 Å². The number of hydrogen-bond acceptors (Lipinski definition) is 4. The molecule has 3 aromatic rings. The van der Waals surface area contributed by atoms with Gasteiger partial charge in [-0.1, -0.05) is 46.5 Å². The highest BCUT2D eigenvalue weighted by molar-refractivity contribution is 7.90. The van der Waals surface area contributed by atoms with Gasteiger partial charge in [0.2, 0.25) is 0 Å². The van der Waals surface area contributed by atoms with E-state index in [1.807, 2.05) is 19.2 Å². The Hall–Kier alpha value is -1.57. The van der Waals surface area contributed by atoms with E-state index in [0.717, 1.165) is 18.4 Å². The van der Waals surface area contributed by atoms with E-state index in [0.29, 0.717) is 21.0 Å². The fourth-order valence-corrected chi connectivity index (χ4v) is 5.47. The van der Waals surface area contributed by atoms with Crippen LogP contribution in [0.15, 0.2) is 47.9 Å². The maximum atomic E-state index is 12.7. The van der Waals surface area contributed by atoms with Crippen molar-refractivity contribution in [2.24, 2.45) is 7.05 Å². The van der Waals surface area contributed by atoms with E-state index in [-0.39, 0.29) is 12.0 Å². The van der Waals surface area contributed by atoms with Crippen LogP contribution in [0.4, 0.5) is 0 Å². The highest BCUT2D eigenvalue weighted by Crippen LogP contribution is 2.42. The molecule has 1 N–H and O–H groups in total. The zero-order valence-electron chi connectivity index (χ0n) is 16.2. The number of hydrogen-bond donors (Lipinski definition) is 1. The zero-order valence-corrected chi connectivity index (χ0v) is 18.6. The van der Waals surface area contributed by atoms with Gasteiger partial charge in [0.15, 0.2) is 0 Å². The summed E-state index contributed by atoms with van der Waals surface area (Å²) in [5.41, 5.74) is 4.73. The Balaban J connectivity index is 1.66. The predicted molar refractivity (Wildman–Crippen MR) is 117 cm³/mol. The highest BCUT2D eigenvalue weighted by Gasteiger charge is 2.29. The van der Waals surface area contributed by atoms with Crippen LogP contribution in [0, 0.1) is 0 Å². The third kappa shape index (κ3) is 4.18. The SMILES string of the molecule is CN[C@H]1CC[C@@H](c2ccc(Cl)c(Cl)c2)c2ccc(C[S+]([O-])c3nncn3C)cc21. The van der Waals surface area contributed by atoms with Crippen molar-refractivity contribution in [1.82, 2.24) is 20.1 Å². The van der Waals surface area contributed by atoms with Crippen molar-refractivity contribution in [2.45, 2.75) is 35.7 Å². The molecule has 29 heavy (non-hydrogen) atoms. The average Bonchev–Trinajstić information content (AvgIpc) is 3.15. The number of fused-ring (bicyclic) bond motifs is 1. The average molecular weight is 449 g/mol. The number of aromatic nitrogens is 3. The van der Waals surface area contributed by atoms with Crippen LogP contribution in [-0.2, 0) is 24.0 Å². The third-order valence-electron chi connectivity index (χ3n) is 5.51. The molecular weight excluding hydrogens is 427 g/mol. The summed E-state index contributed by atoms with van der Waals surface area (Å²) in [4.78, 5) is 0. The van der Waals surface area contributed by atoms with Gasteiger partial charge >= 0.3 is 5.16 Å². The second kappa shape index (κ2) is 8.66. The quantitative estimate of drug-likeness (QED) is 0.578. The van der Waals surface area contributed by atoms with Crippen LogP contribution in [0.25, 0.3) is 0 Å². The summed E-state index contributed by atoms with van der Waals surface area (Å²) < 4.78 is 14.4. The lowest BCUT2D eigenvalue weighted by Crippen LogP contribution is -2.24. The molecule has 0 amide bonds. The van der Waals surface area contributed by atoms with Crippen LogP contribution >= 0.6 is 23.2 Å². The Morgan fingerprint density at radius 1 is 1.14 bits per heavy atom. The number of nitrogens with one attached hydrogen (secondary N) is 1. The van der Waals surface area contributed by atoms with Crippen LogP contribution in [0.2, 0.25) is 10.0 Å². The Morgan fingerprint density at radius 3 is 2.66 bits per heavy atom. The summed E-state index contributed by atoms with van der Waals surface area (Å²) in [6.07, 6.45) is 3.61. The van der Waals surface area contributed by atoms with E-state index < -0.39 is 11.2 Å². The molecule has 0 bridgehead atoms. The van der Waals surface area contributed by atoms with Crippen molar-refractivity contribution in [1.29, 1.82) is 0 Å². The van der Waals surface area contributed by atoms with Gasteiger partial charge in [-0.05, 0) is 54.8 Å². The Bertz CT molecular complexity index is 1030. The summed E-state index contributed by atoms with van der Waals surface area (Å²) in [6.45, 7) is 0. The van der Waals surface area contributed by atoms with E-state index in [4.69, 9.17) is 23.2 Å². The van der Waals surface area contributed by atoms with Gasteiger partial charge in [-0.3, -0.25) is 4.57 Å². The van der Waals surface area contributed by atoms with E-state index in [1.165, 1.54) is 16.7 Å². The normalized spacial score (nSPS) is 19.8. The van der Waals surface area contributed by atoms with E-state index >= 15 is 0 Å². The summed E-state index contributed by atoms with van der Waals surface area (Å²) in [7, 11) is 3.79. The molecule has 152 valence electrons. The minimum Gasteiger partial charge on any atom is -0.609 e. The van der Waals surface area contributed by atoms with Crippen molar-refractivity contribution in [3.05, 3.63) is 75.0 Å². The first-order valence-corrected chi connectivity index (χ1v) is 11.5. The largest absolute Gasteiger partial charge is 0.609 e. The molecule has 0 aliphatic heterocycles. The Morgan fingerprint density at radius 2 is 1.97 bits per heavy atom. The van der Waals surface area contributed by atoms with Crippen LogP contribution in [0.5, 0.6) is 0 Å². The van der Waals surface area contributed by atoms with Crippen molar-refractivity contribution in [3.8, 4) is 0 Å². The van der Waals surface area contributed by atoms with E-state index in [1.54, 1.807) is 17.9 Å². The molecule has 3 atom stereocenters. The first-order valence-electron chi connectivity index (χ1n) is 9.45. The molecule has 0 radical (unpaired) electrons. The molecule has 1 aliphatic rings. The Labute approximate surface area is 183 Å². The predicted octanol–water partition coefficient (Wildman–Crippen LogP) is 4.62. The highest BCUT2D eigenvalue weighted by atomic mass is 35.5. The van der Waals surface area contributed by atoms with Gasteiger partial charge in [0, 0.05) is 35.7 Å². The zero-order chi connectivity index (χ0) is 20.5. The number of nitrogens with zero attached hydrogens (tertiary/aromatic N) is 3. The molecule has 0 fully saturated rings. The van der Waals surface area contributed by atoms with Crippen molar-refractivity contribution < 1.29 is 4.55 Å². The van der Waals surface area contributed by atoms with E-state index in [9.17, 15) is 4.55 Å². The molecule has 4 rings (SSSR count). The topological polar surface area (TPSA) is 65.8 Å². The minimum absolute atomic E-state index is 0.266. The van der Waals surface area contributed by atoms with Crippen LogP contribution < -0.4 is 5.32 Å². The molecule has 1 heterocycles. The number of aryl methyl sites for hydroxylation is 1. The molecule has 8 heteroatoms. The number of rotatable bonds is 5. The standard InChI is InChI=1S/C21H22Cl2N4OS/c1-24-20-8-6-15(14-4-7-18(22)19(23)10-14)16-5-3-13(9-17(16)20)11-29(28)21-26-25-12-27(21)2/h3-5,7,9-10,12,15,20,24H,6,8,11H2,1-2H3/t15-,20-,29?/m0/s1. The molecular formula is C21H22Cl2N4OS. The first kappa shape index (κ1) is 20.7. The van der Waals surface area contributed by atoms with Gasteiger partial charge < -0.3 is 9.87 Å². The number of benzene rings is 2. The molecule has 1 aromatic heterocycles. The first-order chi connectivity index (χ1) is 14.0. The molecule has 5 nitrogen and oxygen atoms in total. The van der Waals surface area contributed by atoms with Gasteiger partial charge in [0.25, 0.3) is 0 Å². The van der Waals surface area contributed by atoms with Crippen molar-refractivity contribution >= 4 is 34.4 Å². The summed E-state index contributed by atoms with van der Waals surface area (Å²) in [5.74, 6) is 0.677. The summed E-state index contributed by atoms with van der Waals surface area (Å²) >= 11 is 11.1. The molecule has 0 saturated carbocycles. The molecule has 0 saturated heterocycles. The minimum atomic E-state index is -1.24. The smallest absolute Gasteiger partial charge is 0.343 e. The van der Waals surface area contributed by atoms with Gasteiger partial charge in [-0.2, -0.15) is 0 Å². The number of halogens is 2. The maximum Gasteiger partial charge on any atom is 0.343 e. The third-order valence-corrected chi connectivity index (χ3v) is 7.62. The lowest BCUT2D eigenvalue weighted by atomic mass is 9.76. The lowest BCUT2D eigenvalue weighted by molar-refractivity contribution is 0.470. The fraction of sp³-hybridized carbons (Fsp3) is 0.333. The summed E-state index contributed by atoms with van der Waals surface area (Å²) in [6, 6.07) is 12.6. The van der Waals surface area contributed by atoms with Crippen LogP contribution in [0.3, 0.4) is 0 Å². The fourth-order valence-electron chi connectivity index (χ4n) is 4.05. The second-order valence-corrected chi connectivity index (χ2v) is 9.48. The van der Waals surface area contributed by atoms with Gasteiger partial charge in [0.1, 0.15) is 12.1 Å². The monoisotopic (exact) mass is 448 g/mol. The van der Waals surface area contributed by atoms with Gasteiger partial charge in [-0.15, -0.1) is 5.10 Å². The Kier molecular flexibility index (Phi) is 6.18. The lowest BCUT2D eigenvalue weighted by Gasteiger charge is -2.32. The summed E-state index contributed by atoms with van der Waals surface area (Å²) in [5, 5.41) is 12.9. The molecule has 1 aliphatic carbocycles. The molecule has 1 unspecified atom stereocenters. The van der Waals surface area contributed by atoms with E-state index in [2.05, 4.69) is 39.8 Å². The molecule has 2 aromatic carbocycles. The van der Waals surface area contributed by atoms with Crippen molar-refractivity contribution in [2.75, 3.05) is 7.05 Å². The molecule has 0 spiro atoms. The maximum absolute atomic E-state index is 12.7. The second-order valence-electron chi connectivity index (χ2n) is 7.32. The van der Waals surface area contributed by atoms with Gasteiger partial charge in [-0.25, -0.2) is 0 Å². The van der Waals surface area contributed by atoms with Crippen LogP contribution in [-0.4, -0.2) is 26.4 Å². The van der Waals surface area contributed by atoms with Crippen LogP contribution in [0.1, 0.15) is 47.1 Å². The van der Waals surface area contributed by atoms with Crippen molar-refractivity contribution in [3.63, 3.8) is 0 Å².